The summed E-state index contributed by atoms with van der Waals surface area (Å²) in [5.41, 5.74) is 4.15. The molecule has 0 saturated carbocycles. The van der Waals surface area contributed by atoms with Crippen LogP contribution in [0.3, 0.4) is 0 Å². The highest BCUT2D eigenvalue weighted by Gasteiger charge is 2.31. The average Bonchev–Trinajstić information content (AvgIpc) is 3.61. The van der Waals surface area contributed by atoms with Gasteiger partial charge in [-0.3, -0.25) is 9.59 Å². The number of allylic oxidation sites excluding steroid dienone is 1. The smallest absolute Gasteiger partial charge is 0.253 e. The number of ketones is 1. The lowest BCUT2D eigenvalue weighted by Crippen LogP contribution is -2.29. The fraction of sp³-hybridized carbons (Fsp3) is 0.207. The van der Waals surface area contributed by atoms with E-state index in [-0.39, 0.29) is 34.9 Å². The largest absolute Gasteiger partial charge is 0.507 e. The number of benzene rings is 2. The molecule has 6 rings (SSSR count). The SMILES string of the molecule is COC1CCN(C(=O)c2ccc(-c3ccnc4c3c(C=C3Oc5cccc(O)c5C3=O)cn4C)cc2)C1. The Bertz CT molecular complexity index is 1590. The molecule has 186 valence electrons. The lowest BCUT2D eigenvalue weighted by atomic mass is 9.99. The number of hydrogen-bond donors (Lipinski definition) is 1. The van der Waals surface area contributed by atoms with Gasteiger partial charge in [-0.1, -0.05) is 18.2 Å². The average molecular weight is 496 g/mol. The van der Waals surface area contributed by atoms with Gasteiger partial charge in [0.1, 0.15) is 22.7 Å². The van der Waals surface area contributed by atoms with Crippen molar-refractivity contribution in [3.63, 3.8) is 0 Å². The molecule has 0 radical (unpaired) electrons. The molecule has 8 heteroatoms. The molecular weight excluding hydrogens is 470 g/mol. The van der Waals surface area contributed by atoms with Crippen LogP contribution in [0, 0.1) is 0 Å². The Labute approximate surface area is 213 Å². The number of ether oxygens (including phenoxy) is 2. The van der Waals surface area contributed by atoms with Gasteiger partial charge in [-0.15, -0.1) is 0 Å². The zero-order valence-corrected chi connectivity index (χ0v) is 20.5. The van der Waals surface area contributed by atoms with Gasteiger partial charge in [0.25, 0.3) is 5.91 Å². The number of phenols is 1. The summed E-state index contributed by atoms with van der Waals surface area (Å²) in [4.78, 5) is 32.3. The molecule has 4 aromatic rings. The van der Waals surface area contributed by atoms with E-state index in [1.165, 1.54) is 6.07 Å². The number of Topliss-reactive ketones (excluding diaryl/α,β-unsaturated/α-hetero) is 1. The molecule has 4 heterocycles. The van der Waals surface area contributed by atoms with Gasteiger partial charge in [-0.05, 0) is 54.0 Å². The van der Waals surface area contributed by atoms with Crippen molar-refractivity contribution in [2.24, 2.45) is 7.05 Å². The summed E-state index contributed by atoms with van der Waals surface area (Å²) in [5, 5.41) is 11.0. The fourth-order valence-corrected chi connectivity index (χ4v) is 5.12. The number of aromatic nitrogens is 2. The van der Waals surface area contributed by atoms with Crippen molar-refractivity contribution in [1.82, 2.24) is 14.5 Å². The van der Waals surface area contributed by atoms with Gasteiger partial charge in [0, 0.05) is 56.2 Å². The second-order valence-electron chi connectivity index (χ2n) is 9.32. The molecule has 37 heavy (non-hydrogen) atoms. The maximum Gasteiger partial charge on any atom is 0.253 e. The molecule has 1 saturated heterocycles. The zero-order valence-electron chi connectivity index (χ0n) is 20.5. The first-order chi connectivity index (χ1) is 17.9. The topological polar surface area (TPSA) is 93.9 Å². The predicted molar refractivity (Wildman–Crippen MR) is 139 cm³/mol. The maximum atomic E-state index is 13.0. The van der Waals surface area contributed by atoms with Crippen molar-refractivity contribution >= 4 is 28.8 Å². The van der Waals surface area contributed by atoms with Crippen molar-refractivity contribution in [3.05, 3.63) is 83.4 Å². The molecule has 2 aromatic heterocycles. The van der Waals surface area contributed by atoms with E-state index in [2.05, 4.69) is 4.98 Å². The minimum absolute atomic E-state index is 0.00387. The number of aryl methyl sites for hydroxylation is 1. The molecule has 0 bridgehead atoms. The van der Waals surface area contributed by atoms with Crippen LogP contribution in [-0.2, 0) is 11.8 Å². The summed E-state index contributed by atoms with van der Waals surface area (Å²) in [6.07, 6.45) is 6.26. The Morgan fingerprint density at radius 1 is 1.19 bits per heavy atom. The van der Waals surface area contributed by atoms with Gasteiger partial charge in [-0.2, -0.15) is 0 Å². The summed E-state index contributed by atoms with van der Waals surface area (Å²) >= 11 is 0. The van der Waals surface area contributed by atoms with Crippen LogP contribution < -0.4 is 4.74 Å². The Morgan fingerprint density at radius 3 is 2.73 bits per heavy atom. The lowest BCUT2D eigenvalue weighted by molar-refractivity contribution is 0.0724. The minimum Gasteiger partial charge on any atom is -0.507 e. The predicted octanol–water partition coefficient (Wildman–Crippen LogP) is 4.42. The molecule has 0 aliphatic carbocycles. The summed E-state index contributed by atoms with van der Waals surface area (Å²) in [6, 6.07) is 14.2. The molecule has 2 aromatic carbocycles. The van der Waals surface area contributed by atoms with E-state index in [0.717, 1.165) is 34.1 Å². The van der Waals surface area contributed by atoms with Crippen LogP contribution in [0.5, 0.6) is 11.5 Å². The zero-order chi connectivity index (χ0) is 25.7. The van der Waals surface area contributed by atoms with E-state index in [1.807, 2.05) is 53.0 Å². The van der Waals surface area contributed by atoms with Crippen LogP contribution in [0.2, 0.25) is 0 Å². The summed E-state index contributed by atoms with van der Waals surface area (Å²) in [6.45, 7) is 1.29. The molecule has 1 atom stereocenters. The number of methoxy groups -OCH3 is 1. The summed E-state index contributed by atoms with van der Waals surface area (Å²) < 4.78 is 13.1. The Kier molecular flexibility index (Phi) is 5.53. The number of amides is 1. The summed E-state index contributed by atoms with van der Waals surface area (Å²) in [7, 11) is 3.57. The van der Waals surface area contributed by atoms with Crippen molar-refractivity contribution in [2.45, 2.75) is 12.5 Å². The van der Waals surface area contributed by atoms with Crippen LogP contribution in [0.25, 0.3) is 28.2 Å². The molecule has 1 amide bonds. The number of fused-ring (bicyclic) bond motifs is 2. The van der Waals surface area contributed by atoms with Gasteiger partial charge in [0.2, 0.25) is 5.78 Å². The monoisotopic (exact) mass is 495 g/mol. The quantitative estimate of drug-likeness (QED) is 0.421. The van der Waals surface area contributed by atoms with Crippen LogP contribution >= 0.6 is 0 Å². The Hall–Kier alpha value is -4.43. The second kappa shape index (κ2) is 8.90. The Balaban J connectivity index is 1.36. The van der Waals surface area contributed by atoms with E-state index < -0.39 is 0 Å². The maximum absolute atomic E-state index is 13.0. The number of carbonyl (C=O) groups is 2. The van der Waals surface area contributed by atoms with Gasteiger partial charge >= 0.3 is 0 Å². The van der Waals surface area contributed by atoms with Gasteiger partial charge in [0.15, 0.2) is 5.76 Å². The normalized spacial score (nSPS) is 18.0. The van der Waals surface area contributed by atoms with Crippen LogP contribution in [-0.4, -0.2) is 57.6 Å². The van der Waals surface area contributed by atoms with E-state index in [9.17, 15) is 14.7 Å². The minimum atomic E-state index is -0.365. The first kappa shape index (κ1) is 23.0. The molecule has 2 aliphatic heterocycles. The van der Waals surface area contributed by atoms with Gasteiger partial charge < -0.3 is 24.0 Å². The fourth-order valence-electron chi connectivity index (χ4n) is 5.12. The third kappa shape index (κ3) is 3.86. The number of nitrogens with zero attached hydrogens (tertiary/aromatic N) is 3. The van der Waals surface area contributed by atoms with E-state index in [4.69, 9.17) is 9.47 Å². The number of phenolic OH excluding ortho intramolecular Hbond substituents is 1. The van der Waals surface area contributed by atoms with Crippen molar-refractivity contribution in [3.8, 4) is 22.6 Å². The number of aromatic hydroxyl groups is 1. The second-order valence-corrected chi connectivity index (χ2v) is 9.32. The number of hydrogen-bond acceptors (Lipinski definition) is 6. The van der Waals surface area contributed by atoms with Crippen LogP contribution in [0.1, 0.15) is 32.7 Å². The van der Waals surface area contributed by atoms with Crippen LogP contribution in [0.15, 0.2) is 66.7 Å². The number of pyridine rings is 1. The third-order valence-corrected chi connectivity index (χ3v) is 7.06. The molecule has 1 fully saturated rings. The molecule has 8 nitrogen and oxygen atoms in total. The first-order valence-corrected chi connectivity index (χ1v) is 12.1. The number of likely N-dealkylation sites (tertiary alicyclic amines) is 1. The lowest BCUT2D eigenvalue weighted by Gasteiger charge is -2.16. The number of carbonyl (C=O) groups excluding carboxylic acids is 2. The van der Waals surface area contributed by atoms with E-state index in [1.54, 1.807) is 31.5 Å². The van der Waals surface area contributed by atoms with Crippen molar-refractivity contribution in [1.29, 1.82) is 0 Å². The van der Waals surface area contributed by atoms with E-state index >= 15 is 0 Å². The highest BCUT2D eigenvalue weighted by atomic mass is 16.5. The third-order valence-electron chi connectivity index (χ3n) is 7.06. The summed E-state index contributed by atoms with van der Waals surface area (Å²) in [5.74, 6) is 0.00368. The van der Waals surface area contributed by atoms with Crippen molar-refractivity contribution < 1.29 is 24.2 Å². The van der Waals surface area contributed by atoms with Gasteiger partial charge in [0.05, 0.1) is 6.10 Å². The molecular formula is C29H25N3O5. The molecule has 1 N–H and O–H groups in total. The highest BCUT2D eigenvalue weighted by molar-refractivity contribution is 6.17. The highest BCUT2D eigenvalue weighted by Crippen LogP contribution is 2.39. The molecule has 0 spiro atoms. The first-order valence-electron chi connectivity index (χ1n) is 12.1. The van der Waals surface area contributed by atoms with Gasteiger partial charge in [-0.25, -0.2) is 4.98 Å². The standard InChI is InChI=1S/C29H25N3O5/c1-31-15-19(14-24-27(34)26-22(33)4-3-5-23(26)37-24)25-21(10-12-30-28(25)31)17-6-8-18(9-7-17)29(35)32-13-11-20(16-32)36-2/h3-10,12,14-15,20,33H,11,13,16H2,1-2H3. The Morgan fingerprint density at radius 2 is 2.00 bits per heavy atom. The number of rotatable bonds is 4. The molecule has 1 unspecified atom stereocenters. The van der Waals surface area contributed by atoms with E-state index in [0.29, 0.717) is 24.4 Å². The van der Waals surface area contributed by atoms with Crippen molar-refractivity contribution in [2.75, 3.05) is 20.2 Å². The van der Waals surface area contributed by atoms with Crippen LogP contribution in [0.4, 0.5) is 0 Å². The molecule has 2 aliphatic rings.